The minimum atomic E-state index is -3.52. The minimum absolute atomic E-state index is 0.166. The molecule has 116 valence electrons. The Balaban J connectivity index is 1.96. The Morgan fingerprint density at radius 3 is 2.35 bits per heavy atom. The van der Waals surface area contributed by atoms with E-state index in [1.807, 2.05) is 0 Å². The molecule has 0 aromatic carbocycles. The second-order valence-corrected chi connectivity index (χ2v) is 7.29. The molecule has 7 nitrogen and oxygen atoms in total. The lowest BCUT2D eigenvalue weighted by molar-refractivity contribution is -0.146. The molecule has 0 amide bonds. The maximum atomic E-state index is 12.5. The molecule has 0 aromatic heterocycles. The van der Waals surface area contributed by atoms with Crippen molar-refractivity contribution >= 4 is 16.2 Å². The number of piperidine rings is 2. The monoisotopic (exact) mass is 306 g/mol. The molecule has 0 aromatic rings. The molecule has 0 aliphatic carbocycles. The molecule has 0 saturated carbocycles. The second-order valence-electron chi connectivity index (χ2n) is 5.36. The number of esters is 1. The Labute approximate surface area is 119 Å². The third-order valence-corrected chi connectivity index (χ3v) is 6.00. The summed E-state index contributed by atoms with van der Waals surface area (Å²) in [5.74, 6) is -0.478. The molecule has 1 N–H and O–H groups in total. The normalized spacial score (nSPS) is 27.4. The zero-order valence-electron chi connectivity index (χ0n) is 11.7. The van der Waals surface area contributed by atoms with Gasteiger partial charge in [-0.3, -0.25) is 4.79 Å². The summed E-state index contributed by atoms with van der Waals surface area (Å²) in [6.07, 6.45) is 1.73. The molecule has 2 fully saturated rings. The van der Waals surface area contributed by atoms with Gasteiger partial charge < -0.3 is 9.84 Å². The van der Waals surface area contributed by atoms with Crippen molar-refractivity contribution in [3.63, 3.8) is 0 Å². The van der Waals surface area contributed by atoms with E-state index in [1.165, 1.54) is 15.7 Å². The van der Waals surface area contributed by atoms with Gasteiger partial charge in [-0.15, -0.1) is 0 Å². The van der Waals surface area contributed by atoms with Crippen molar-refractivity contribution in [1.29, 1.82) is 0 Å². The number of β-amino-alcohol motifs (C(OH)–C–C–N with tert-alkyl or cyclic N) is 1. The van der Waals surface area contributed by atoms with Crippen LogP contribution in [-0.2, 0) is 19.7 Å². The van der Waals surface area contributed by atoms with Crippen LogP contribution < -0.4 is 0 Å². The number of carbonyl (C=O) groups excluding carboxylic acids is 1. The Morgan fingerprint density at radius 1 is 1.15 bits per heavy atom. The van der Waals surface area contributed by atoms with Gasteiger partial charge in [0.15, 0.2) is 0 Å². The highest BCUT2D eigenvalue weighted by Crippen LogP contribution is 2.24. The Bertz CT molecular complexity index is 445. The van der Waals surface area contributed by atoms with E-state index < -0.39 is 16.3 Å². The number of carbonyl (C=O) groups is 1. The fourth-order valence-electron chi connectivity index (χ4n) is 2.78. The average Bonchev–Trinajstić information content (AvgIpc) is 2.46. The summed E-state index contributed by atoms with van der Waals surface area (Å²) in [6, 6.07) is 0. The molecule has 0 bridgehead atoms. The molecule has 0 spiro atoms. The van der Waals surface area contributed by atoms with Gasteiger partial charge in [0.25, 0.3) is 10.2 Å². The van der Waals surface area contributed by atoms with E-state index in [0.29, 0.717) is 45.3 Å². The molecular formula is C12H22N2O5S. The fraction of sp³-hybridized carbons (Fsp3) is 0.917. The molecular weight excluding hydrogens is 284 g/mol. The van der Waals surface area contributed by atoms with Crippen LogP contribution in [0.1, 0.15) is 25.7 Å². The third kappa shape index (κ3) is 3.30. The number of nitrogens with zero attached hydrogens (tertiary/aromatic N) is 2. The average molecular weight is 306 g/mol. The van der Waals surface area contributed by atoms with Crippen LogP contribution in [0.2, 0.25) is 0 Å². The van der Waals surface area contributed by atoms with Crippen molar-refractivity contribution in [1.82, 2.24) is 8.61 Å². The smallest absolute Gasteiger partial charge is 0.308 e. The van der Waals surface area contributed by atoms with Gasteiger partial charge in [-0.1, -0.05) is 0 Å². The summed E-state index contributed by atoms with van der Waals surface area (Å²) < 4.78 is 32.4. The Kier molecular flexibility index (Phi) is 5.00. The van der Waals surface area contributed by atoms with Crippen LogP contribution in [0.15, 0.2) is 0 Å². The van der Waals surface area contributed by atoms with E-state index in [-0.39, 0.29) is 18.4 Å². The highest BCUT2D eigenvalue weighted by atomic mass is 32.2. The van der Waals surface area contributed by atoms with Gasteiger partial charge >= 0.3 is 5.97 Å². The zero-order chi connectivity index (χ0) is 14.8. The first kappa shape index (κ1) is 15.7. The zero-order valence-corrected chi connectivity index (χ0v) is 12.5. The third-order valence-electron chi connectivity index (χ3n) is 4.00. The highest BCUT2D eigenvalue weighted by molar-refractivity contribution is 7.86. The van der Waals surface area contributed by atoms with E-state index in [4.69, 9.17) is 4.74 Å². The van der Waals surface area contributed by atoms with Gasteiger partial charge in [0.1, 0.15) is 0 Å². The lowest BCUT2D eigenvalue weighted by Crippen LogP contribution is -2.51. The summed E-state index contributed by atoms with van der Waals surface area (Å²) in [5.41, 5.74) is 0. The number of hydrogen-bond donors (Lipinski definition) is 1. The van der Waals surface area contributed by atoms with Crippen LogP contribution in [0.3, 0.4) is 0 Å². The van der Waals surface area contributed by atoms with Crippen LogP contribution in [0.25, 0.3) is 0 Å². The summed E-state index contributed by atoms with van der Waals surface area (Å²) >= 11 is 0. The Hall–Kier alpha value is -0.700. The number of rotatable bonds is 3. The molecule has 1 atom stereocenters. The minimum Gasteiger partial charge on any atom is -0.469 e. The first-order valence-corrected chi connectivity index (χ1v) is 8.36. The van der Waals surface area contributed by atoms with E-state index in [0.717, 1.165) is 0 Å². The van der Waals surface area contributed by atoms with Crippen LogP contribution >= 0.6 is 0 Å². The van der Waals surface area contributed by atoms with Gasteiger partial charge in [0.05, 0.1) is 19.1 Å². The molecule has 2 heterocycles. The van der Waals surface area contributed by atoms with Gasteiger partial charge in [0.2, 0.25) is 0 Å². The summed E-state index contributed by atoms with van der Waals surface area (Å²) in [5, 5.41) is 9.60. The molecule has 2 rings (SSSR count). The van der Waals surface area contributed by atoms with Gasteiger partial charge in [0, 0.05) is 26.2 Å². The van der Waals surface area contributed by atoms with Crippen molar-refractivity contribution in [2.24, 2.45) is 5.92 Å². The summed E-state index contributed by atoms with van der Waals surface area (Å²) in [6.45, 7) is 1.28. The Morgan fingerprint density at radius 2 is 1.80 bits per heavy atom. The summed E-state index contributed by atoms with van der Waals surface area (Å²) in [7, 11) is -2.17. The van der Waals surface area contributed by atoms with Crippen molar-refractivity contribution in [2.75, 3.05) is 33.3 Å². The van der Waals surface area contributed by atoms with Crippen molar-refractivity contribution < 1.29 is 23.1 Å². The predicted octanol–water partition coefficient (Wildman–Crippen LogP) is -0.427. The predicted molar refractivity (Wildman–Crippen MR) is 72.0 cm³/mol. The lowest BCUT2D eigenvalue weighted by Gasteiger charge is -2.36. The molecule has 2 saturated heterocycles. The highest BCUT2D eigenvalue weighted by Gasteiger charge is 2.36. The first-order valence-electron chi connectivity index (χ1n) is 6.96. The first-order chi connectivity index (χ1) is 9.45. The SMILES string of the molecule is COC(=O)C1CCN(S(=O)(=O)N2CCC[C@H](O)C2)CC1. The topological polar surface area (TPSA) is 87.2 Å². The maximum Gasteiger partial charge on any atom is 0.308 e. The number of methoxy groups -OCH3 is 1. The van der Waals surface area contributed by atoms with Gasteiger partial charge in [-0.05, 0) is 25.7 Å². The molecule has 8 heteroatoms. The van der Waals surface area contributed by atoms with Crippen LogP contribution in [0.4, 0.5) is 0 Å². The summed E-state index contributed by atoms with van der Waals surface area (Å²) in [4.78, 5) is 11.4. The molecule has 2 aliphatic rings. The van der Waals surface area contributed by atoms with Crippen LogP contribution in [0.5, 0.6) is 0 Å². The number of ether oxygens (including phenoxy) is 1. The van der Waals surface area contributed by atoms with Crippen LogP contribution in [0, 0.1) is 5.92 Å². The molecule has 2 aliphatic heterocycles. The number of aliphatic hydroxyl groups is 1. The van der Waals surface area contributed by atoms with Crippen LogP contribution in [-0.4, -0.2) is 67.5 Å². The molecule has 0 unspecified atom stereocenters. The second kappa shape index (κ2) is 6.38. The van der Waals surface area contributed by atoms with Gasteiger partial charge in [-0.25, -0.2) is 0 Å². The molecule has 0 radical (unpaired) electrons. The lowest BCUT2D eigenvalue weighted by atomic mass is 9.99. The standard InChI is InChI=1S/C12H22N2O5S/c1-19-12(16)10-4-7-13(8-5-10)20(17,18)14-6-2-3-11(15)9-14/h10-11,15H,2-9H2,1H3/t11-/m0/s1. The van der Waals surface area contributed by atoms with E-state index in [1.54, 1.807) is 0 Å². The molecule has 20 heavy (non-hydrogen) atoms. The fourth-order valence-corrected chi connectivity index (χ4v) is 4.50. The van der Waals surface area contributed by atoms with Crippen molar-refractivity contribution in [2.45, 2.75) is 31.8 Å². The van der Waals surface area contributed by atoms with E-state index in [9.17, 15) is 18.3 Å². The van der Waals surface area contributed by atoms with E-state index in [2.05, 4.69) is 0 Å². The maximum absolute atomic E-state index is 12.5. The number of hydrogen-bond acceptors (Lipinski definition) is 5. The quantitative estimate of drug-likeness (QED) is 0.715. The largest absolute Gasteiger partial charge is 0.469 e. The van der Waals surface area contributed by atoms with E-state index >= 15 is 0 Å². The van der Waals surface area contributed by atoms with Gasteiger partial charge in [-0.2, -0.15) is 17.0 Å². The van der Waals surface area contributed by atoms with Crippen molar-refractivity contribution in [3.8, 4) is 0 Å². The van der Waals surface area contributed by atoms with Crippen molar-refractivity contribution in [3.05, 3.63) is 0 Å². The number of aliphatic hydroxyl groups excluding tert-OH is 1.